The number of hydrogen-bond acceptors (Lipinski definition) is 3. The number of nitrogens with one attached hydrogen (secondary N) is 2. The SMILES string of the molecule is CC(C)CCCNCC1COCCN1. The van der Waals surface area contributed by atoms with Crippen molar-refractivity contribution < 1.29 is 4.74 Å². The molecule has 0 radical (unpaired) electrons. The molecular formula is C11H24N2O. The quantitative estimate of drug-likeness (QED) is 0.628. The summed E-state index contributed by atoms with van der Waals surface area (Å²) in [6.45, 7) is 9.45. The molecule has 3 heteroatoms. The van der Waals surface area contributed by atoms with Crippen LogP contribution in [0.25, 0.3) is 0 Å². The van der Waals surface area contributed by atoms with Crippen LogP contribution in [0.15, 0.2) is 0 Å². The molecule has 14 heavy (non-hydrogen) atoms. The molecule has 84 valence electrons. The van der Waals surface area contributed by atoms with Crippen LogP contribution < -0.4 is 10.6 Å². The first-order valence-electron chi connectivity index (χ1n) is 5.81. The van der Waals surface area contributed by atoms with E-state index in [0.717, 1.165) is 38.8 Å². The number of rotatable bonds is 6. The van der Waals surface area contributed by atoms with E-state index in [1.165, 1.54) is 12.8 Å². The van der Waals surface area contributed by atoms with Gasteiger partial charge < -0.3 is 15.4 Å². The molecule has 1 aliphatic rings. The molecule has 1 fully saturated rings. The zero-order valence-corrected chi connectivity index (χ0v) is 9.51. The molecule has 0 aromatic heterocycles. The largest absolute Gasteiger partial charge is 0.378 e. The molecule has 0 bridgehead atoms. The van der Waals surface area contributed by atoms with Crippen molar-refractivity contribution in [2.24, 2.45) is 5.92 Å². The lowest BCUT2D eigenvalue weighted by Gasteiger charge is -2.24. The van der Waals surface area contributed by atoms with E-state index in [2.05, 4.69) is 24.5 Å². The molecule has 1 rings (SSSR count). The fourth-order valence-electron chi connectivity index (χ4n) is 1.66. The molecule has 0 saturated carbocycles. The lowest BCUT2D eigenvalue weighted by molar-refractivity contribution is 0.0767. The van der Waals surface area contributed by atoms with Crippen molar-refractivity contribution in [1.82, 2.24) is 10.6 Å². The second-order valence-electron chi connectivity index (χ2n) is 4.47. The maximum absolute atomic E-state index is 5.37. The Kier molecular flexibility index (Phi) is 6.15. The van der Waals surface area contributed by atoms with Gasteiger partial charge in [0.05, 0.1) is 13.2 Å². The Morgan fingerprint density at radius 2 is 2.36 bits per heavy atom. The standard InChI is InChI=1S/C11H24N2O/c1-10(2)4-3-5-12-8-11-9-14-7-6-13-11/h10-13H,3-9H2,1-2H3. The summed E-state index contributed by atoms with van der Waals surface area (Å²) in [5, 5.41) is 6.90. The highest BCUT2D eigenvalue weighted by molar-refractivity contribution is 4.72. The van der Waals surface area contributed by atoms with Crippen LogP contribution in [0, 0.1) is 5.92 Å². The summed E-state index contributed by atoms with van der Waals surface area (Å²) in [6, 6.07) is 0.516. The lowest BCUT2D eigenvalue weighted by atomic mass is 10.1. The highest BCUT2D eigenvalue weighted by Gasteiger charge is 2.11. The lowest BCUT2D eigenvalue weighted by Crippen LogP contribution is -2.47. The Bertz CT molecular complexity index is 133. The molecule has 2 N–H and O–H groups in total. The Morgan fingerprint density at radius 1 is 1.50 bits per heavy atom. The Hall–Kier alpha value is -0.120. The summed E-state index contributed by atoms with van der Waals surface area (Å²) in [5.41, 5.74) is 0. The van der Waals surface area contributed by atoms with E-state index in [1.807, 2.05) is 0 Å². The van der Waals surface area contributed by atoms with Crippen LogP contribution in [0.5, 0.6) is 0 Å². The first-order chi connectivity index (χ1) is 6.79. The second-order valence-corrected chi connectivity index (χ2v) is 4.47. The topological polar surface area (TPSA) is 33.3 Å². The van der Waals surface area contributed by atoms with Gasteiger partial charge in [0.1, 0.15) is 0 Å². The summed E-state index contributed by atoms with van der Waals surface area (Å²) >= 11 is 0. The van der Waals surface area contributed by atoms with Crippen molar-refractivity contribution in [3.8, 4) is 0 Å². The van der Waals surface area contributed by atoms with E-state index < -0.39 is 0 Å². The van der Waals surface area contributed by atoms with Gasteiger partial charge in [0.2, 0.25) is 0 Å². The van der Waals surface area contributed by atoms with Gasteiger partial charge in [-0.1, -0.05) is 13.8 Å². The van der Waals surface area contributed by atoms with Crippen LogP contribution in [-0.2, 0) is 4.74 Å². The normalized spacial score (nSPS) is 22.9. The Balaban J connectivity index is 1.87. The third-order valence-electron chi connectivity index (χ3n) is 2.52. The van der Waals surface area contributed by atoms with Gasteiger partial charge in [0, 0.05) is 19.1 Å². The molecular weight excluding hydrogens is 176 g/mol. The van der Waals surface area contributed by atoms with E-state index in [1.54, 1.807) is 0 Å². The molecule has 3 nitrogen and oxygen atoms in total. The Morgan fingerprint density at radius 3 is 3.00 bits per heavy atom. The molecule has 0 aliphatic carbocycles. The summed E-state index contributed by atoms with van der Waals surface area (Å²) in [7, 11) is 0. The van der Waals surface area contributed by atoms with E-state index in [4.69, 9.17) is 4.74 Å². The first kappa shape index (κ1) is 12.0. The highest BCUT2D eigenvalue weighted by Crippen LogP contribution is 2.01. The van der Waals surface area contributed by atoms with E-state index in [-0.39, 0.29) is 0 Å². The average Bonchev–Trinajstić information content (AvgIpc) is 2.18. The molecule has 1 atom stereocenters. The minimum atomic E-state index is 0.516. The van der Waals surface area contributed by atoms with Gasteiger partial charge in [-0.05, 0) is 25.3 Å². The van der Waals surface area contributed by atoms with Crippen LogP contribution in [0.4, 0.5) is 0 Å². The van der Waals surface area contributed by atoms with Crippen molar-refractivity contribution >= 4 is 0 Å². The monoisotopic (exact) mass is 200 g/mol. The average molecular weight is 200 g/mol. The zero-order valence-electron chi connectivity index (χ0n) is 9.51. The van der Waals surface area contributed by atoms with Gasteiger partial charge in [0.25, 0.3) is 0 Å². The van der Waals surface area contributed by atoms with Crippen molar-refractivity contribution in [2.45, 2.75) is 32.7 Å². The highest BCUT2D eigenvalue weighted by atomic mass is 16.5. The number of morpholine rings is 1. The molecule has 1 unspecified atom stereocenters. The minimum Gasteiger partial charge on any atom is -0.378 e. The Labute approximate surface area is 87.6 Å². The van der Waals surface area contributed by atoms with Gasteiger partial charge in [-0.3, -0.25) is 0 Å². The molecule has 0 aromatic rings. The van der Waals surface area contributed by atoms with Gasteiger partial charge in [-0.2, -0.15) is 0 Å². The van der Waals surface area contributed by atoms with Crippen LogP contribution in [0.3, 0.4) is 0 Å². The van der Waals surface area contributed by atoms with E-state index in [0.29, 0.717) is 6.04 Å². The van der Waals surface area contributed by atoms with Gasteiger partial charge in [-0.25, -0.2) is 0 Å². The van der Waals surface area contributed by atoms with Crippen LogP contribution >= 0.6 is 0 Å². The predicted molar refractivity (Wildman–Crippen MR) is 59.6 cm³/mol. The number of hydrogen-bond donors (Lipinski definition) is 2. The maximum Gasteiger partial charge on any atom is 0.0632 e. The molecule has 1 saturated heterocycles. The third kappa shape index (κ3) is 5.58. The fraction of sp³-hybridized carbons (Fsp3) is 1.00. The molecule has 1 heterocycles. The summed E-state index contributed by atoms with van der Waals surface area (Å²) in [5.74, 6) is 0.827. The van der Waals surface area contributed by atoms with E-state index >= 15 is 0 Å². The van der Waals surface area contributed by atoms with Crippen molar-refractivity contribution in [3.63, 3.8) is 0 Å². The first-order valence-corrected chi connectivity index (χ1v) is 5.81. The van der Waals surface area contributed by atoms with Gasteiger partial charge in [-0.15, -0.1) is 0 Å². The van der Waals surface area contributed by atoms with Gasteiger partial charge in [0.15, 0.2) is 0 Å². The van der Waals surface area contributed by atoms with Crippen LogP contribution in [-0.4, -0.2) is 38.9 Å². The smallest absolute Gasteiger partial charge is 0.0632 e. The van der Waals surface area contributed by atoms with Crippen LogP contribution in [0.1, 0.15) is 26.7 Å². The zero-order chi connectivity index (χ0) is 10.2. The van der Waals surface area contributed by atoms with Gasteiger partial charge >= 0.3 is 0 Å². The third-order valence-corrected chi connectivity index (χ3v) is 2.52. The fourth-order valence-corrected chi connectivity index (χ4v) is 1.66. The maximum atomic E-state index is 5.37. The summed E-state index contributed by atoms with van der Waals surface area (Å²) in [6.07, 6.45) is 2.60. The molecule has 0 spiro atoms. The molecule has 0 aromatic carbocycles. The second kappa shape index (κ2) is 7.21. The van der Waals surface area contributed by atoms with Crippen molar-refractivity contribution in [2.75, 3.05) is 32.8 Å². The molecule has 1 aliphatic heterocycles. The summed E-state index contributed by atoms with van der Waals surface area (Å²) < 4.78 is 5.37. The number of ether oxygens (including phenoxy) is 1. The predicted octanol–water partition coefficient (Wildman–Crippen LogP) is 1.00. The van der Waals surface area contributed by atoms with E-state index in [9.17, 15) is 0 Å². The van der Waals surface area contributed by atoms with Crippen molar-refractivity contribution in [3.05, 3.63) is 0 Å². The van der Waals surface area contributed by atoms with Crippen molar-refractivity contribution in [1.29, 1.82) is 0 Å². The summed E-state index contributed by atoms with van der Waals surface area (Å²) in [4.78, 5) is 0. The molecule has 0 amide bonds. The van der Waals surface area contributed by atoms with Crippen LogP contribution in [0.2, 0.25) is 0 Å². The minimum absolute atomic E-state index is 0.516.